The summed E-state index contributed by atoms with van der Waals surface area (Å²) in [5.74, 6) is 1.04. The molecule has 0 saturated carbocycles. The van der Waals surface area contributed by atoms with Gasteiger partial charge in [-0.3, -0.25) is 4.79 Å². The third-order valence-corrected chi connectivity index (χ3v) is 3.99. The van der Waals surface area contributed by atoms with Crippen LogP contribution in [0, 0.1) is 18.8 Å². The zero-order valence-electron chi connectivity index (χ0n) is 12.3. The molecule has 0 saturated heterocycles. The average molecular weight is 283 g/mol. The second kappa shape index (κ2) is 7.60. The van der Waals surface area contributed by atoms with Gasteiger partial charge in [0.25, 0.3) is 0 Å². The van der Waals surface area contributed by atoms with Crippen molar-refractivity contribution in [3.63, 3.8) is 0 Å². The van der Waals surface area contributed by atoms with Crippen molar-refractivity contribution in [3.05, 3.63) is 16.1 Å². The van der Waals surface area contributed by atoms with Crippen LogP contribution >= 0.6 is 11.3 Å². The van der Waals surface area contributed by atoms with E-state index in [0.29, 0.717) is 25.4 Å². The van der Waals surface area contributed by atoms with Crippen molar-refractivity contribution in [1.29, 1.82) is 0 Å². The highest BCUT2D eigenvalue weighted by molar-refractivity contribution is 7.11. The topological polar surface area (TPSA) is 59.2 Å². The molecular weight excluding hydrogens is 258 g/mol. The van der Waals surface area contributed by atoms with Gasteiger partial charge in [0.1, 0.15) is 0 Å². The summed E-state index contributed by atoms with van der Waals surface area (Å²) >= 11 is 1.64. The van der Waals surface area contributed by atoms with Crippen molar-refractivity contribution in [3.8, 4) is 0 Å². The number of aromatic nitrogens is 1. The number of carbonyl (C=O) groups excluding carboxylic acids is 1. The van der Waals surface area contributed by atoms with Gasteiger partial charge in [0, 0.05) is 24.5 Å². The fraction of sp³-hybridized carbons (Fsp3) is 0.714. The molecule has 0 radical (unpaired) electrons. The van der Waals surface area contributed by atoms with Gasteiger partial charge in [0.15, 0.2) is 0 Å². The second-order valence-electron chi connectivity index (χ2n) is 5.53. The van der Waals surface area contributed by atoms with Crippen LogP contribution in [-0.4, -0.2) is 29.4 Å². The van der Waals surface area contributed by atoms with Crippen molar-refractivity contribution < 1.29 is 4.79 Å². The molecule has 0 fully saturated rings. The number of aryl methyl sites for hydroxylation is 1. The van der Waals surface area contributed by atoms with Crippen LogP contribution in [0.3, 0.4) is 0 Å². The standard InChI is InChI=1S/C14H25N3OS/c1-10(2)5-12(7-15)6-14(18)17(4)9-13-8-16-11(3)19-13/h8,10,12H,5-7,9,15H2,1-4H3/t12-/m0/s1. The Hall–Kier alpha value is -0.940. The van der Waals surface area contributed by atoms with Gasteiger partial charge < -0.3 is 10.6 Å². The van der Waals surface area contributed by atoms with Crippen molar-refractivity contribution in [2.24, 2.45) is 17.6 Å². The third-order valence-electron chi connectivity index (χ3n) is 3.09. The maximum atomic E-state index is 12.2. The number of hydrogen-bond acceptors (Lipinski definition) is 4. The molecule has 1 heterocycles. The first-order valence-corrected chi connectivity index (χ1v) is 7.59. The molecule has 0 unspecified atom stereocenters. The molecule has 1 aromatic rings. The lowest BCUT2D eigenvalue weighted by atomic mass is 9.94. The van der Waals surface area contributed by atoms with Crippen LogP contribution in [0.1, 0.15) is 36.6 Å². The van der Waals surface area contributed by atoms with Gasteiger partial charge >= 0.3 is 0 Å². The smallest absolute Gasteiger partial charge is 0.222 e. The van der Waals surface area contributed by atoms with E-state index in [2.05, 4.69) is 18.8 Å². The maximum absolute atomic E-state index is 12.2. The molecule has 0 bridgehead atoms. The minimum Gasteiger partial charge on any atom is -0.341 e. The van der Waals surface area contributed by atoms with Gasteiger partial charge in [0.2, 0.25) is 5.91 Å². The van der Waals surface area contributed by atoms with Gasteiger partial charge in [0.05, 0.1) is 11.6 Å². The number of rotatable bonds is 7. The molecule has 0 aromatic carbocycles. The molecule has 0 aliphatic heterocycles. The molecule has 1 amide bonds. The Bertz CT molecular complexity index is 403. The number of hydrogen-bond donors (Lipinski definition) is 1. The van der Waals surface area contributed by atoms with E-state index in [4.69, 9.17) is 5.73 Å². The Morgan fingerprint density at radius 2 is 2.21 bits per heavy atom. The van der Waals surface area contributed by atoms with Gasteiger partial charge in [-0.05, 0) is 31.7 Å². The van der Waals surface area contributed by atoms with Gasteiger partial charge in [-0.2, -0.15) is 0 Å². The molecule has 108 valence electrons. The van der Waals surface area contributed by atoms with Crippen LogP contribution in [0.25, 0.3) is 0 Å². The largest absolute Gasteiger partial charge is 0.341 e. The molecule has 5 heteroatoms. The molecule has 0 spiro atoms. The predicted molar refractivity (Wildman–Crippen MR) is 79.9 cm³/mol. The van der Waals surface area contributed by atoms with Crippen LogP contribution < -0.4 is 5.73 Å². The third kappa shape index (κ3) is 5.70. The zero-order chi connectivity index (χ0) is 14.4. The van der Waals surface area contributed by atoms with Crippen LogP contribution in [0.2, 0.25) is 0 Å². The van der Waals surface area contributed by atoms with E-state index in [1.807, 2.05) is 20.2 Å². The molecule has 2 N–H and O–H groups in total. The number of amides is 1. The normalized spacial score (nSPS) is 12.7. The van der Waals surface area contributed by atoms with Crippen molar-refractivity contribution in [2.45, 2.75) is 40.2 Å². The Labute approximate surface area is 120 Å². The number of nitrogens with two attached hydrogens (primary N) is 1. The molecule has 1 atom stereocenters. The summed E-state index contributed by atoms with van der Waals surface area (Å²) in [4.78, 5) is 19.3. The highest BCUT2D eigenvalue weighted by Gasteiger charge is 2.17. The van der Waals surface area contributed by atoms with E-state index in [-0.39, 0.29) is 11.8 Å². The van der Waals surface area contributed by atoms with E-state index >= 15 is 0 Å². The summed E-state index contributed by atoms with van der Waals surface area (Å²) in [5, 5.41) is 1.04. The lowest BCUT2D eigenvalue weighted by molar-refractivity contribution is -0.131. The first-order chi connectivity index (χ1) is 8.92. The summed E-state index contributed by atoms with van der Waals surface area (Å²) in [6.07, 6.45) is 3.40. The molecule has 1 rings (SSSR count). The highest BCUT2D eigenvalue weighted by Crippen LogP contribution is 2.17. The van der Waals surface area contributed by atoms with Crippen LogP contribution in [0.5, 0.6) is 0 Å². The Balaban J connectivity index is 2.47. The van der Waals surface area contributed by atoms with E-state index in [1.54, 1.807) is 16.2 Å². The lowest BCUT2D eigenvalue weighted by Gasteiger charge is -2.21. The predicted octanol–water partition coefficient (Wildman–Crippen LogP) is 2.42. The summed E-state index contributed by atoms with van der Waals surface area (Å²) in [6, 6.07) is 0. The summed E-state index contributed by atoms with van der Waals surface area (Å²) in [6.45, 7) is 7.53. The lowest BCUT2D eigenvalue weighted by Crippen LogP contribution is -2.30. The van der Waals surface area contributed by atoms with Crippen molar-refractivity contribution >= 4 is 17.2 Å². The molecule has 4 nitrogen and oxygen atoms in total. The van der Waals surface area contributed by atoms with E-state index in [1.165, 1.54) is 0 Å². The maximum Gasteiger partial charge on any atom is 0.222 e. The highest BCUT2D eigenvalue weighted by atomic mass is 32.1. The minimum atomic E-state index is 0.169. The summed E-state index contributed by atoms with van der Waals surface area (Å²) in [5.41, 5.74) is 5.75. The quantitative estimate of drug-likeness (QED) is 0.836. The number of nitrogens with zero attached hydrogens (tertiary/aromatic N) is 2. The molecular formula is C14H25N3OS. The van der Waals surface area contributed by atoms with Crippen molar-refractivity contribution in [2.75, 3.05) is 13.6 Å². The SMILES string of the molecule is Cc1ncc(CN(C)C(=O)C[C@@H](CN)CC(C)C)s1. The summed E-state index contributed by atoms with van der Waals surface area (Å²) < 4.78 is 0. The average Bonchev–Trinajstić information content (AvgIpc) is 2.73. The van der Waals surface area contributed by atoms with E-state index < -0.39 is 0 Å². The summed E-state index contributed by atoms with van der Waals surface area (Å²) in [7, 11) is 1.85. The first kappa shape index (κ1) is 16.1. The Morgan fingerprint density at radius 3 is 2.68 bits per heavy atom. The van der Waals surface area contributed by atoms with Crippen LogP contribution in [0.4, 0.5) is 0 Å². The molecule has 0 aliphatic carbocycles. The molecule has 1 aromatic heterocycles. The Kier molecular flexibility index (Phi) is 6.45. The van der Waals surface area contributed by atoms with Crippen LogP contribution in [0.15, 0.2) is 6.20 Å². The number of carbonyl (C=O) groups is 1. The monoisotopic (exact) mass is 283 g/mol. The van der Waals surface area contributed by atoms with Gasteiger partial charge in [-0.25, -0.2) is 4.98 Å². The fourth-order valence-electron chi connectivity index (χ4n) is 2.13. The van der Waals surface area contributed by atoms with Crippen molar-refractivity contribution in [1.82, 2.24) is 9.88 Å². The van der Waals surface area contributed by atoms with Gasteiger partial charge in [-0.15, -0.1) is 11.3 Å². The molecule has 19 heavy (non-hydrogen) atoms. The number of thiazole rings is 1. The van der Waals surface area contributed by atoms with Crippen LogP contribution in [-0.2, 0) is 11.3 Å². The molecule has 0 aliphatic rings. The minimum absolute atomic E-state index is 0.169. The zero-order valence-corrected chi connectivity index (χ0v) is 13.2. The fourth-order valence-corrected chi connectivity index (χ4v) is 2.98. The van der Waals surface area contributed by atoms with Gasteiger partial charge in [-0.1, -0.05) is 13.8 Å². The van der Waals surface area contributed by atoms with E-state index in [0.717, 1.165) is 16.3 Å². The first-order valence-electron chi connectivity index (χ1n) is 6.77. The van der Waals surface area contributed by atoms with E-state index in [9.17, 15) is 4.79 Å². The Morgan fingerprint density at radius 1 is 1.53 bits per heavy atom. The second-order valence-corrected chi connectivity index (χ2v) is 6.85.